The molecule has 2 aromatic heterocycles. The minimum absolute atomic E-state index is 0.347. The summed E-state index contributed by atoms with van der Waals surface area (Å²) in [5, 5.41) is 4.28. The van der Waals surface area contributed by atoms with Crippen molar-refractivity contribution in [3.05, 3.63) is 47.9 Å². The summed E-state index contributed by atoms with van der Waals surface area (Å²) < 4.78 is 6.75. The van der Waals surface area contributed by atoms with Crippen molar-refractivity contribution in [1.82, 2.24) is 14.8 Å². The lowest BCUT2D eigenvalue weighted by atomic mass is 10.1. The van der Waals surface area contributed by atoms with Crippen LogP contribution in [-0.2, 0) is 11.3 Å². The first-order valence-corrected chi connectivity index (χ1v) is 9.15. The monoisotopic (exact) mass is 352 g/mol. The van der Waals surface area contributed by atoms with Gasteiger partial charge in [-0.1, -0.05) is 12.6 Å². The Bertz CT molecular complexity index is 847. The molecular formula is C20H24N4O2. The van der Waals surface area contributed by atoms with Crippen LogP contribution in [0, 0.1) is 11.8 Å². The van der Waals surface area contributed by atoms with Gasteiger partial charge in [-0.05, 0) is 49.3 Å². The Labute approximate surface area is 153 Å². The lowest BCUT2D eigenvalue weighted by Crippen LogP contribution is -2.23. The van der Waals surface area contributed by atoms with E-state index >= 15 is 0 Å². The van der Waals surface area contributed by atoms with Gasteiger partial charge in [0.05, 0.1) is 30.6 Å². The number of rotatable bonds is 6. The quantitative estimate of drug-likeness (QED) is 0.748. The topological polar surface area (TPSA) is 60.2 Å². The summed E-state index contributed by atoms with van der Waals surface area (Å²) in [6, 6.07) is 4.18. The molecule has 26 heavy (non-hydrogen) atoms. The van der Waals surface area contributed by atoms with E-state index in [0.29, 0.717) is 18.7 Å². The smallest absolute Gasteiger partial charge is 0.341 e. The van der Waals surface area contributed by atoms with Crippen molar-refractivity contribution in [2.45, 2.75) is 26.8 Å². The maximum absolute atomic E-state index is 11.8. The number of fused-ring (bicyclic) bond motifs is 1. The molecule has 1 aliphatic carbocycles. The first-order valence-electron chi connectivity index (χ1n) is 9.15. The van der Waals surface area contributed by atoms with E-state index in [0.717, 1.165) is 47.6 Å². The Kier molecular flexibility index (Phi) is 4.26. The van der Waals surface area contributed by atoms with E-state index in [1.165, 1.54) is 12.6 Å². The van der Waals surface area contributed by atoms with Crippen molar-refractivity contribution < 1.29 is 9.53 Å². The average Bonchev–Trinajstić information content (AvgIpc) is 3.02. The molecule has 0 bridgehead atoms. The second-order valence-corrected chi connectivity index (χ2v) is 7.27. The predicted molar refractivity (Wildman–Crippen MR) is 100 cm³/mol. The van der Waals surface area contributed by atoms with Crippen LogP contribution < -0.4 is 4.90 Å². The second-order valence-electron chi connectivity index (χ2n) is 7.27. The lowest BCUT2D eigenvalue weighted by molar-refractivity contribution is 0.0526. The van der Waals surface area contributed by atoms with Gasteiger partial charge < -0.3 is 9.64 Å². The maximum atomic E-state index is 11.8. The number of carbonyl (C=O) groups excluding carboxylic acids is 1. The Hall–Kier alpha value is -2.63. The molecule has 2 aliphatic rings. The summed E-state index contributed by atoms with van der Waals surface area (Å²) in [7, 11) is 0. The number of piperidine rings is 1. The van der Waals surface area contributed by atoms with Gasteiger partial charge in [-0.2, -0.15) is 5.10 Å². The minimum Gasteiger partial charge on any atom is -0.462 e. The second kappa shape index (κ2) is 6.59. The number of nitrogens with zero attached hydrogens (tertiary/aromatic N) is 4. The lowest BCUT2D eigenvalue weighted by Gasteiger charge is -2.21. The van der Waals surface area contributed by atoms with Gasteiger partial charge in [0, 0.05) is 19.3 Å². The first kappa shape index (κ1) is 16.8. The predicted octanol–water partition coefficient (Wildman–Crippen LogP) is 2.99. The number of ether oxygens (including phenoxy) is 1. The van der Waals surface area contributed by atoms with E-state index in [4.69, 9.17) is 9.72 Å². The van der Waals surface area contributed by atoms with Crippen molar-refractivity contribution in [3.8, 4) is 0 Å². The number of carbonyl (C=O) groups is 1. The van der Waals surface area contributed by atoms with Gasteiger partial charge in [0.1, 0.15) is 5.82 Å². The van der Waals surface area contributed by atoms with Crippen LogP contribution in [-0.4, -0.2) is 40.4 Å². The molecule has 2 aromatic rings. The number of aromatic nitrogens is 3. The van der Waals surface area contributed by atoms with E-state index in [1.54, 1.807) is 17.8 Å². The van der Waals surface area contributed by atoms with Crippen LogP contribution in [0.4, 0.5) is 5.82 Å². The molecule has 0 radical (unpaired) electrons. The van der Waals surface area contributed by atoms with E-state index in [1.807, 2.05) is 6.92 Å². The summed E-state index contributed by atoms with van der Waals surface area (Å²) in [4.78, 5) is 19.0. The maximum Gasteiger partial charge on any atom is 0.341 e. The van der Waals surface area contributed by atoms with E-state index in [9.17, 15) is 4.79 Å². The average molecular weight is 352 g/mol. The molecule has 6 nitrogen and oxygen atoms in total. The highest BCUT2D eigenvalue weighted by Gasteiger charge is 2.45. The standard InChI is InChI=1S/C20H24N4O2/c1-4-26-20(25)17-8-21-24(12-17)11-14-5-6-18(22-19(14)13(2)3)23-9-15-7-16(15)10-23/h5-6,8,12,15-16H,2,4,7,9-11H2,1,3H3. The van der Waals surface area contributed by atoms with Gasteiger partial charge >= 0.3 is 5.97 Å². The van der Waals surface area contributed by atoms with Crippen LogP contribution in [0.3, 0.4) is 0 Å². The van der Waals surface area contributed by atoms with Crippen LogP contribution in [0.25, 0.3) is 5.57 Å². The van der Waals surface area contributed by atoms with Crippen molar-refractivity contribution in [2.24, 2.45) is 11.8 Å². The molecule has 1 saturated carbocycles. The Morgan fingerprint density at radius 2 is 2.12 bits per heavy atom. The Morgan fingerprint density at radius 1 is 1.35 bits per heavy atom. The summed E-state index contributed by atoms with van der Waals surface area (Å²) in [5.74, 6) is 2.43. The molecule has 0 spiro atoms. The molecule has 2 atom stereocenters. The third-order valence-corrected chi connectivity index (χ3v) is 5.15. The van der Waals surface area contributed by atoms with Crippen molar-refractivity contribution in [2.75, 3.05) is 24.6 Å². The fourth-order valence-electron chi connectivity index (χ4n) is 3.68. The van der Waals surface area contributed by atoms with Gasteiger partial charge in [-0.3, -0.25) is 4.68 Å². The molecule has 0 aromatic carbocycles. The number of anilines is 1. The van der Waals surface area contributed by atoms with Crippen molar-refractivity contribution in [3.63, 3.8) is 0 Å². The molecule has 2 fully saturated rings. The molecule has 0 N–H and O–H groups in total. The highest BCUT2D eigenvalue weighted by molar-refractivity contribution is 5.88. The number of pyridine rings is 1. The van der Waals surface area contributed by atoms with Gasteiger partial charge in [0.15, 0.2) is 0 Å². The highest BCUT2D eigenvalue weighted by atomic mass is 16.5. The molecule has 6 heteroatoms. The van der Waals surface area contributed by atoms with Gasteiger partial charge in [-0.25, -0.2) is 9.78 Å². The fraction of sp³-hybridized carbons (Fsp3) is 0.450. The zero-order chi connectivity index (χ0) is 18.3. The van der Waals surface area contributed by atoms with E-state index < -0.39 is 0 Å². The fourth-order valence-corrected chi connectivity index (χ4v) is 3.68. The number of hydrogen-bond donors (Lipinski definition) is 0. The highest BCUT2D eigenvalue weighted by Crippen LogP contribution is 2.46. The van der Waals surface area contributed by atoms with Crippen molar-refractivity contribution in [1.29, 1.82) is 0 Å². The molecule has 136 valence electrons. The largest absolute Gasteiger partial charge is 0.462 e. The van der Waals surface area contributed by atoms with Crippen LogP contribution in [0.1, 0.15) is 41.9 Å². The van der Waals surface area contributed by atoms with Crippen LogP contribution >= 0.6 is 0 Å². The minimum atomic E-state index is -0.347. The van der Waals surface area contributed by atoms with Gasteiger partial charge in [0.25, 0.3) is 0 Å². The molecular weight excluding hydrogens is 328 g/mol. The zero-order valence-electron chi connectivity index (χ0n) is 15.3. The molecule has 1 aliphatic heterocycles. The summed E-state index contributed by atoms with van der Waals surface area (Å²) in [6.45, 7) is 11.0. The Morgan fingerprint density at radius 3 is 2.81 bits per heavy atom. The molecule has 3 heterocycles. The van der Waals surface area contributed by atoms with E-state index in [-0.39, 0.29) is 5.97 Å². The van der Waals surface area contributed by atoms with Crippen LogP contribution in [0.2, 0.25) is 0 Å². The van der Waals surface area contributed by atoms with Gasteiger partial charge in [-0.15, -0.1) is 0 Å². The molecule has 1 saturated heterocycles. The molecule has 4 rings (SSSR count). The van der Waals surface area contributed by atoms with Gasteiger partial charge in [0.2, 0.25) is 0 Å². The van der Waals surface area contributed by atoms with Crippen molar-refractivity contribution >= 4 is 17.4 Å². The summed E-state index contributed by atoms with van der Waals surface area (Å²) >= 11 is 0. The SMILES string of the molecule is C=C(C)c1nc(N2CC3CC3C2)ccc1Cn1cc(C(=O)OCC)cn1. The first-order chi connectivity index (χ1) is 12.5. The Balaban J connectivity index is 1.54. The zero-order valence-corrected chi connectivity index (χ0v) is 15.3. The third-order valence-electron chi connectivity index (χ3n) is 5.15. The van der Waals surface area contributed by atoms with Crippen LogP contribution in [0.5, 0.6) is 0 Å². The summed E-state index contributed by atoms with van der Waals surface area (Å²) in [6.07, 6.45) is 4.63. The number of hydrogen-bond acceptors (Lipinski definition) is 5. The number of esters is 1. The summed E-state index contributed by atoms with van der Waals surface area (Å²) in [5.41, 5.74) is 3.36. The molecule has 2 unspecified atom stereocenters. The third kappa shape index (κ3) is 3.23. The molecule has 0 amide bonds. The van der Waals surface area contributed by atoms with Crippen LogP contribution in [0.15, 0.2) is 31.1 Å². The van der Waals surface area contributed by atoms with E-state index in [2.05, 4.69) is 28.7 Å². The normalized spacial score (nSPS) is 20.8. The number of allylic oxidation sites excluding steroid dienone is 1.